The second kappa shape index (κ2) is 11.2. The first kappa shape index (κ1) is 25.9. The van der Waals surface area contributed by atoms with Gasteiger partial charge in [-0.1, -0.05) is 48.0 Å². The topological polar surface area (TPSA) is 108 Å². The molecule has 0 aliphatic carbocycles. The quantitative estimate of drug-likeness (QED) is 0.348. The molecule has 10 heteroatoms. The second-order valence-corrected chi connectivity index (χ2v) is 10.1. The fraction of sp³-hybridized carbons (Fsp3) is 0.160. The summed E-state index contributed by atoms with van der Waals surface area (Å²) in [5.41, 5.74) is 5.65. The van der Waals surface area contributed by atoms with Crippen molar-refractivity contribution in [3.63, 3.8) is 0 Å². The van der Waals surface area contributed by atoms with Crippen molar-refractivity contribution in [1.29, 1.82) is 0 Å². The number of hydrogen-bond donors (Lipinski definition) is 2. The standard InChI is InChI=1S/C25H25ClN4O4S/c1-17-22(26)10-7-11-23(17)30(35(3,33)34)16-24(31)29-28-18(2)19-12-14-21(15-13-19)27-25(32)20-8-5-4-6-9-20/h4-15H,16H2,1-3H3,(H,27,32)(H,29,31)/b28-18+. The second-order valence-electron chi connectivity index (χ2n) is 7.78. The number of benzene rings is 3. The van der Waals surface area contributed by atoms with Crippen LogP contribution >= 0.6 is 11.6 Å². The number of carbonyl (C=O) groups excluding carboxylic acids is 2. The van der Waals surface area contributed by atoms with E-state index in [-0.39, 0.29) is 5.91 Å². The van der Waals surface area contributed by atoms with E-state index in [4.69, 9.17) is 11.6 Å². The smallest absolute Gasteiger partial charge is 0.260 e. The Kier molecular flexibility index (Phi) is 8.26. The summed E-state index contributed by atoms with van der Waals surface area (Å²) in [5, 5.41) is 7.29. The van der Waals surface area contributed by atoms with Crippen LogP contribution in [0.15, 0.2) is 77.9 Å². The highest BCUT2D eigenvalue weighted by molar-refractivity contribution is 7.92. The predicted molar refractivity (Wildman–Crippen MR) is 140 cm³/mol. The molecule has 0 unspecified atom stereocenters. The number of anilines is 2. The summed E-state index contributed by atoms with van der Waals surface area (Å²) in [4.78, 5) is 24.8. The van der Waals surface area contributed by atoms with Gasteiger partial charge in [-0.2, -0.15) is 5.10 Å². The fourth-order valence-corrected chi connectivity index (χ4v) is 4.29. The van der Waals surface area contributed by atoms with Crippen molar-refractivity contribution >= 4 is 50.5 Å². The van der Waals surface area contributed by atoms with E-state index in [1.54, 1.807) is 80.6 Å². The molecule has 8 nitrogen and oxygen atoms in total. The van der Waals surface area contributed by atoms with E-state index in [9.17, 15) is 18.0 Å². The highest BCUT2D eigenvalue weighted by Crippen LogP contribution is 2.28. The molecule has 0 fully saturated rings. The van der Waals surface area contributed by atoms with Crippen LogP contribution in [0.2, 0.25) is 5.02 Å². The van der Waals surface area contributed by atoms with Crippen molar-refractivity contribution < 1.29 is 18.0 Å². The number of amides is 2. The summed E-state index contributed by atoms with van der Waals surface area (Å²) in [6.07, 6.45) is 1.02. The number of rotatable bonds is 8. The predicted octanol–water partition coefficient (Wildman–Crippen LogP) is 4.21. The van der Waals surface area contributed by atoms with Crippen LogP contribution in [-0.4, -0.2) is 38.7 Å². The molecule has 182 valence electrons. The monoisotopic (exact) mass is 512 g/mol. The molecule has 3 aromatic carbocycles. The molecule has 0 bridgehead atoms. The molecule has 3 rings (SSSR count). The summed E-state index contributed by atoms with van der Waals surface area (Å²) < 4.78 is 25.6. The highest BCUT2D eigenvalue weighted by atomic mass is 35.5. The maximum atomic E-state index is 12.5. The maximum absolute atomic E-state index is 12.5. The Balaban J connectivity index is 1.66. The van der Waals surface area contributed by atoms with Gasteiger partial charge in [0.05, 0.1) is 17.7 Å². The van der Waals surface area contributed by atoms with Gasteiger partial charge in [0.25, 0.3) is 11.8 Å². The maximum Gasteiger partial charge on any atom is 0.260 e. The molecule has 0 radical (unpaired) electrons. The SMILES string of the molecule is C/C(=N\NC(=O)CN(c1cccc(Cl)c1C)S(C)(=O)=O)c1ccc(NC(=O)c2ccccc2)cc1. The lowest BCUT2D eigenvalue weighted by molar-refractivity contribution is -0.119. The first-order valence-corrected chi connectivity index (χ1v) is 12.8. The molecule has 3 aromatic rings. The molecule has 0 saturated carbocycles. The van der Waals surface area contributed by atoms with E-state index in [0.717, 1.165) is 10.6 Å². The lowest BCUT2D eigenvalue weighted by Gasteiger charge is -2.23. The molecule has 0 aliphatic heterocycles. The highest BCUT2D eigenvalue weighted by Gasteiger charge is 2.23. The van der Waals surface area contributed by atoms with Gasteiger partial charge in [-0.3, -0.25) is 13.9 Å². The first-order valence-electron chi connectivity index (χ1n) is 10.6. The number of sulfonamides is 1. The fourth-order valence-electron chi connectivity index (χ4n) is 3.21. The Hall–Kier alpha value is -3.69. The Morgan fingerprint density at radius 1 is 0.943 bits per heavy atom. The van der Waals surface area contributed by atoms with Crippen LogP contribution in [0, 0.1) is 6.92 Å². The first-order chi connectivity index (χ1) is 16.6. The molecule has 0 aromatic heterocycles. The summed E-state index contributed by atoms with van der Waals surface area (Å²) >= 11 is 6.12. The minimum Gasteiger partial charge on any atom is -0.322 e. The number of hydrazone groups is 1. The van der Waals surface area contributed by atoms with Gasteiger partial charge in [0, 0.05) is 16.3 Å². The largest absolute Gasteiger partial charge is 0.322 e. The lowest BCUT2D eigenvalue weighted by atomic mass is 10.1. The van der Waals surface area contributed by atoms with Gasteiger partial charge in [0.2, 0.25) is 10.0 Å². The summed E-state index contributed by atoms with van der Waals surface area (Å²) in [7, 11) is -3.75. The zero-order valence-electron chi connectivity index (χ0n) is 19.4. The number of halogens is 1. The van der Waals surface area contributed by atoms with E-state index >= 15 is 0 Å². The number of hydrogen-bond acceptors (Lipinski definition) is 5. The van der Waals surface area contributed by atoms with Crippen LogP contribution in [0.25, 0.3) is 0 Å². The normalized spacial score (nSPS) is 11.6. The molecule has 0 heterocycles. The van der Waals surface area contributed by atoms with Gasteiger partial charge < -0.3 is 5.32 Å². The van der Waals surface area contributed by atoms with Gasteiger partial charge >= 0.3 is 0 Å². The molecule has 0 aliphatic rings. The molecular formula is C25H25ClN4O4S. The number of carbonyl (C=O) groups is 2. The Labute approximate surface area is 209 Å². The number of nitrogens with one attached hydrogen (secondary N) is 2. The van der Waals surface area contributed by atoms with E-state index in [2.05, 4.69) is 15.8 Å². The van der Waals surface area contributed by atoms with Crippen molar-refractivity contribution in [2.24, 2.45) is 5.10 Å². The van der Waals surface area contributed by atoms with Crippen molar-refractivity contribution in [3.8, 4) is 0 Å². The van der Waals surface area contributed by atoms with Crippen LogP contribution in [0.4, 0.5) is 11.4 Å². The van der Waals surface area contributed by atoms with Gasteiger partial charge in [-0.15, -0.1) is 0 Å². The Morgan fingerprint density at radius 2 is 1.60 bits per heavy atom. The molecule has 2 amide bonds. The minimum atomic E-state index is -3.75. The van der Waals surface area contributed by atoms with Crippen LogP contribution < -0.4 is 15.0 Å². The van der Waals surface area contributed by atoms with Crippen LogP contribution in [-0.2, 0) is 14.8 Å². The van der Waals surface area contributed by atoms with E-state index in [1.807, 2.05) is 6.07 Å². The zero-order valence-corrected chi connectivity index (χ0v) is 21.0. The molecule has 0 atom stereocenters. The van der Waals surface area contributed by atoms with Crippen LogP contribution in [0.3, 0.4) is 0 Å². The molecule has 35 heavy (non-hydrogen) atoms. The Bertz CT molecular complexity index is 1360. The van der Waals surface area contributed by atoms with Crippen molar-refractivity contribution in [1.82, 2.24) is 5.43 Å². The van der Waals surface area contributed by atoms with Crippen LogP contribution in [0.5, 0.6) is 0 Å². The Morgan fingerprint density at radius 3 is 2.23 bits per heavy atom. The van der Waals surface area contributed by atoms with E-state index in [0.29, 0.717) is 38.8 Å². The molecule has 0 saturated heterocycles. The third-order valence-electron chi connectivity index (χ3n) is 5.14. The lowest BCUT2D eigenvalue weighted by Crippen LogP contribution is -2.39. The molecule has 0 spiro atoms. The number of nitrogens with zero attached hydrogens (tertiary/aromatic N) is 2. The van der Waals surface area contributed by atoms with Gasteiger partial charge in [0.1, 0.15) is 6.54 Å². The van der Waals surface area contributed by atoms with E-state index in [1.165, 1.54) is 0 Å². The average molecular weight is 513 g/mol. The van der Waals surface area contributed by atoms with E-state index < -0.39 is 22.5 Å². The molecule has 2 N–H and O–H groups in total. The summed E-state index contributed by atoms with van der Waals surface area (Å²) in [6.45, 7) is 2.93. The van der Waals surface area contributed by atoms with Gasteiger partial charge in [-0.05, 0) is 61.4 Å². The third kappa shape index (κ3) is 6.91. The van der Waals surface area contributed by atoms with Crippen molar-refractivity contribution in [2.75, 3.05) is 22.4 Å². The molecular weight excluding hydrogens is 488 g/mol. The van der Waals surface area contributed by atoms with Gasteiger partial charge in [0.15, 0.2) is 0 Å². The van der Waals surface area contributed by atoms with Crippen LogP contribution in [0.1, 0.15) is 28.4 Å². The third-order valence-corrected chi connectivity index (χ3v) is 6.68. The minimum absolute atomic E-state index is 0.221. The summed E-state index contributed by atoms with van der Waals surface area (Å²) in [6, 6.07) is 20.7. The van der Waals surface area contributed by atoms with Crippen molar-refractivity contribution in [2.45, 2.75) is 13.8 Å². The summed E-state index contributed by atoms with van der Waals surface area (Å²) in [5.74, 6) is -0.831. The van der Waals surface area contributed by atoms with Gasteiger partial charge in [-0.25, -0.2) is 13.8 Å². The van der Waals surface area contributed by atoms with Crippen molar-refractivity contribution in [3.05, 3.63) is 94.5 Å². The average Bonchev–Trinajstić information content (AvgIpc) is 2.83. The zero-order chi connectivity index (χ0) is 25.6.